The lowest BCUT2D eigenvalue weighted by Gasteiger charge is -2.21. The second-order valence-electron chi connectivity index (χ2n) is 29.9. The molecule has 0 aromatic carbocycles. The minimum Gasteiger partial charge on any atom is -0.462 e. The highest BCUT2D eigenvalue weighted by atomic mass is 31.2. The van der Waals surface area contributed by atoms with Gasteiger partial charge in [-0.3, -0.25) is 37.3 Å². The third-order valence-corrected chi connectivity index (χ3v) is 21.5. The van der Waals surface area contributed by atoms with Crippen molar-refractivity contribution >= 4 is 39.5 Å². The van der Waals surface area contributed by atoms with E-state index < -0.39 is 97.5 Å². The van der Waals surface area contributed by atoms with Crippen molar-refractivity contribution in [2.24, 2.45) is 0 Å². The van der Waals surface area contributed by atoms with Crippen LogP contribution < -0.4 is 0 Å². The van der Waals surface area contributed by atoms with Gasteiger partial charge in [0.15, 0.2) is 12.2 Å². The average Bonchev–Trinajstić information content (AvgIpc) is 0.964. The number of esters is 4. The van der Waals surface area contributed by atoms with Gasteiger partial charge in [-0.2, -0.15) is 0 Å². The minimum atomic E-state index is -4.96. The standard InChI is InChI=1S/C83H162O17P2/c1-5-9-13-17-21-24-27-30-32-34-36-38-40-42-44-47-49-52-56-60-64-68-81(86)94-74-79(100-83(88)70-66-62-58-54-51-48-45-43-41-39-37-35-33-31-28-25-22-18-14-10-6-2)76-98-102(91,92)96-72-77(84)71-95-101(89,90)97-75-78(73-93-80(85)67-63-59-55-20-16-12-8-4)99-82(87)69-65-61-57-53-50-46-29-26-23-19-15-11-7-3/h77-79,84H,5-76H2,1-4H3,(H,89,90)(H,91,92)/t77-,78+,79+/m0/s1. The molecule has 19 heteroatoms. The van der Waals surface area contributed by atoms with Gasteiger partial charge in [0.1, 0.15) is 19.3 Å². The first-order valence-corrected chi connectivity index (χ1v) is 46.3. The lowest BCUT2D eigenvalue weighted by atomic mass is 10.0. The molecule has 0 saturated carbocycles. The summed E-state index contributed by atoms with van der Waals surface area (Å²) >= 11 is 0. The van der Waals surface area contributed by atoms with Gasteiger partial charge < -0.3 is 33.8 Å². The van der Waals surface area contributed by atoms with E-state index in [4.69, 9.17) is 37.0 Å². The van der Waals surface area contributed by atoms with Crippen LogP contribution in [0.5, 0.6) is 0 Å². The first kappa shape index (κ1) is 100. The first-order valence-electron chi connectivity index (χ1n) is 43.3. The first-order chi connectivity index (χ1) is 49.7. The second kappa shape index (κ2) is 77.2. The van der Waals surface area contributed by atoms with Crippen molar-refractivity contribution in [2.75, 3.05) is 39.6 Å². The third kappa shape index (κ3) is 76.3. The average molecular weight is 1490 g/mol. The van der Waals surface area contributed by atoms with Crippen LogP contribution in [-0.4, -0.2) is 96.7 Å². The van der Waals surface area contributed by atoms with E-state index >= 15 is 0 Å². The van der Waals surface area contributed by atoms with Crippen molar-refractivity contribution in [1.29, 1.82) is 0 Å². The molecule has 0 saturated heterocycles. The highest BCUT2D eigenvalue weighted by molar-refractivity contribution is 7.47. The Morgan fingerprint density at radius 1 is 0.235 bits per heavy atom. The van der Waals surface area contributed by atoms with Gasteiger partial charge in [-0.15, -0.1) is 0 Å². The smallest absolute Gasteiger partial charge is 0.462 e. The summed E-state index contributed by atoms with van der Waals surface area (Å²) in [6.45, 7) is 4.99. The zero-order valence-corrected chi connectivity index (χ0v) is 68.4. The summed E-state index contributed by atoms with van der Waals surface area (Å²) in [5, 5.41) is 10.6. The number of hydrogen-bond donors (Lipinski definition) is 3. The van der Waals surface area contributed by atoms with Crippen LogP contribution in [0.3, 0.4) is 0 Å². The van der Waals surface area contributed by atoms with E-state index in [0.29, 0.717) is 25.7 Å². The summed E-state index contributed by atoms with van der Waals surface area (Å²) < 4.78 is 68.6. The minimum absolute atomic E-state index is 0.108. The number of ether oxygens (including phenoxy) is 4. The quantitative estimate of drug-likeness (QED) is 0.0222. The lowest BCUT2D eigenvalue weighted by molar-refractivity contribution is -0.161. The van der Waals surface area contributed by atoms with Crippen LogP contribution in [0.4, 0.5) is 0 Å². The van der Waals surface area contributed by atoms with Crippen LogP contribution in [-0.2, 0) is 65.4 Å². The number of unbranched alkanes of at least 4 members (excludes halogenated alkanes) is 58. The van der Waals surface area contributed by atoms with Crippen LogP contribution >= 0.6 is 15.6 Å². The molecule has 0 aliphatic heterocycles. The molecule has 0 bridgehead atoms. The lowest BCUT2D eigenvalue weighted by Crippen LogP contribution is -2.30. The molecule has 5 atom stereocenters. The number of carbonyl (C=O) groups is 4. The highest BCUT2D eigenvalue weighted by Gasteiger charge is 2.30. The molecule has 0 radical (unpaired) electrons. The summed E-state index contributed by atoms with van der Waals surface area (Å²) in [7, 11) is -9.91. The normalized spacial score (nSPS) is 13.8. The largest absolute Gasteiger partial charge is 0.472 e. The maximum atomic E-state index is 13.1. The number of aliphatic hydroxyl groups is 1. The van der Waals surface area contributed by atoms with E-state index in [2.05, 4.69) is 27.7 Å². The fourth-order valence-corrected chi connectivity index (χ4v) is 14.6. The number of phosphoric acid groups is 2. The van der Waals surface area contributed by atoms with Crippen LogP contribution in [0, 0.1) is 0 Å². The number of aliphatic hydroxyl groups excluding tert-OH is 1. The van der Waals surface area contributed by atoms with Crippen molar-refractivity contribution in [2.45, 2.75) is 470 Å². The molecule has 0 aromatic heterocycles. The maximum Gasteiger partial charge on any atom is 0.472 e. The van der Waals surface area contributed by atoms with Crippen molar-refractivity contribution in [3.63, 3.8) is 0 Å². The number of rotatable bonds is 84. The van der Waals surface area contributed by atoms with E-state index in [1.165, 1.54) is 270 Å². The monoisotopic (exact) mass is 1490 g/mol. The molecule has 0 aliphatic carbocycles. The molecule has 0 spiro atoms. The SMILES string of the molecule is CCCCCCCCCCCCCCCCCCCCCCCC(=O)OC[C@H](COP(=O)(O)OC[C@@H](O)COP(=O)(O)OC[C@@H](COC(=O)CCCCCCCCC)OC(=O)CCCCCCCCCCCCCCC)OC(=O)CCCCCCCCCCCCCCCCCCCCCCC. The molecule has 0 aromatic rings. The topological polar surface area (TPSA) is 237 Å². The Labute approximate surface area is 626 Å². The van der Waals surface area contributed by atoms with Gasteiger partial charge in [-0.1, -0.05) is 400 Å². The van der Waals surface area contributed by atoms with Gasteiger partial charge >= 0.3 is 39.5 Å². The number of hydrogen-bond acceptors (Lipinski definition) is 15. The molecule has 606 valence electrons. The molecule has 0 heterocycles. The van der Waals surface area contributed by atoms with E-state index in [9.17, 15) is 43.2 Å². The molecular formula is C83H162O17P2. The van der Waals surface area contributed by atoms with Gasteiger partial charge in [-0.25, -0.2) is 9.13 Å². The fraction of sp³-hybridized carbons (Fsp3) is 0.952. The Balaban J connectivity index is 5.14. The number of phosphoric ester groups is 2. The van der Waals surface area contributed by atoms with Crippen molar-refractivity contribution < 1.29 is 80.2 Å². The van der Waals surface area contributed by atoms with Gasteiger partial charge in [0.05, 0.1) is 26.4 Å². The van der Waals surface area contributed by atoms with Crippen molar-refractivity contribution in [3.05, 3.63) is 0 Å². The third-order valence-electron chi connectivity index (χ3n) is 19.6. The van der Waals surface area contributed by atoms with Gasteiger partial charge in [-0.05, 0) is 25.7 Å². The molecule has 0 aliphatic rings. The number of carbonyl (C=O) groups excluding carboxylic acids is 4. The zero-order valence-electron chi connectivity index (χ0n) is 66.6. The summed E-state index contributed by atoms with van der Waals surface area (Å²) in [4.78, 5) is 72.9. The van der Waals surface area contributed by atoms with E-state index in [0.717, 1.165) is 103 Å². The summed E-state index contributed by atoms with van der Waals surface area (Å²) in [5.74, 6) is -2.11. The molecule has 2 unspecified atom stereocenters. The Morgan fingerprint density at radius 3 is 0.578 bits per heavy atom. The predicted octanol–water partition coefficient (Wildman–Crippen LogP) is 25.4. The van der Waals surface area contributed by atoms with E-state index in [-0.39, 0.29) is 25.7 Å². The Hall–Kier alpha value is -1.94. The molecule has 0 amide bonds. The van der Waals surface area contributed by atoms with Crippen LogP contribution in [0.25, 0.3) is 0 Å². The molecule has 0 fully saturated rings. The van der Waals surface area contributed by atoms with E-state index in [1.54, 1.807) is 0 Å². The summed E-state index contributed by atoms with van der Waals surface area (Å²) in [5.41, 5.74) is 0. The molecular weight excluding hydrogens is 1330 g/mol. The molecule has 0 rings (SSSR count). The Morgan fingerprint density at radius 2 is 0.392 bits per heavy atom. The summed E-state index contributed by atoms with van der Waals surface area (Å²) in [6.07, 6.45) is 71.1. The Bertz CT molecular complexity index is 1930. The van der Waals surface area contributed by atoms with Crippen LogP contribution in [0.2, 0.25) is 0 Å². The van der Waals surface area contributed by atoms with E-state index in [1.807, 2.05) is 0 Å². The fourth-order valence-electron chi connectivity index (χ4n) is 13.0. The zero-order chi connectivity index (χ0) is 74.6. The highest BCUT2D eigenvalue weighted by Crippen LogP contribution is 2.45. The van der Waals surface area contributed by atoms with Crippen molar-refractivity contribution in [3.8, 4) is 0 Å². The predicted molar refractivity (Wildman–Crippen MR) is 419 cm³/mol. The van der Waals surface area contributed by atoms with Gasteiger partial charge in [0.2, 0.25) is 0 Å². The van der Waals surface area contributed by atoms with Crippen LogP contribution in [0.15, 0.2) is 0 Å². The van der Waals surface area contributed by atoms with Crippen molar-refractivity contribution in [1.82, 2.24) is 0 Å². The van der Waals surface area contributed by atoms with Gasteiger partial charge in [0.25, 0.3) is 0 Å². The summed E-state index contributed by atoms with van der Waals surface area (Å²) in [6, 6.07) is 0. The second-order valence-corrected chi connectivity index (χ2v) is 32.8. The maximum absolute atomic E-state index is 13.1. The van der Waals surface area contributed by atoms with Gasteiger partial charge in [0, 0.05) is 25.7 Å². The Kier molecular flexibility index (Phi) is 75.8. The molecule has 3 N–H and O–H groups in total. The molecule has 17 nitrogen and oxygen atoms in total. The molecule has 102 heavy (non-hydrogen) atoms. The van der Waals surface area contributed by atoms with Crippen LogP contribution in [0.1, 0.15) is 451 Å².